The molecule has 0 spiro atoms. The van der Waals surface area contributed by atoms with Gasteiger partial charge in [0.1, 0.15) is 11.9 Å². The third-order valence-electron chi connectivity index (χ3n) is 5.62. The Balaban J connectivity index is 1.46. The lowest BCUT2D eigenvalue weighted by atomic mass is 10.0. The van der Waals surface area contributed by atoms with Crippen LogP contribution in [0.25, 0.3) is 0 Å². The molecule has 2 aliphatic heterocycles. The van der Waals surface area contributed by atoms with Crippen molar-refractivity contribution in [3.63, 3.8) is 0 Å². The predicted molar refractivity (Wildman–Crippen MR) is 122 cm³/mol. The van der Waals surface area contributed by atoms with Crippen LogP contribution in [0.5, 0.6) is 0 Å². The maximum atomic E-state index is 12.9. The number of nitrogens with one attached hydrogen (secondary N) is 2. The smallest absolute Gasteiger partial charge is 0.263 e. The molecule has 2 aliphatic rings. The van der Waals surface area contributed by atoms with Gasteiger partial charge in [0.15, 0.2) is 0 Å². The van der Waals surface area contributed by atoms with Gasteiger partial charge in [-0.05, 0) is 42.2 Å². The van der Waals surface area contributed by atoms with Gasteiger partial charge in [-0.2, -0.15) is 0 Å². The number of hydrogen-bond donors (Lipinski definition) is 2. The molecule has 2 amide bonds. The van der Waals surface area contributed by atoms with Crippen molar-refractivity contribution < 1.29 is 18.0 Å². The second-order valence-corrected chi connectivity index (χ2v) is 9.95. The van der Waals surface area contributed by atoms with Gasteiger partial charge in [-0.1, -0.05) is 38.1 Å². The topological polar surface area (TPSA) is 108 Å². The summed E-state index contributed by atoms with van der Waals surface area (Å²) in [4.78, 5) is 31.2. The van der Waals surface area contributed by atoms with E-state index < -0.39 is 16.1 Å². The molecule has 2 aromatic rings. The van der Waals surface area contributed by atoms with Crippen molar-refractivity contribution in [3.8, 4) is 0 Å². The molecule has 2 aromatic carbocycles. The van der Waals surface area contributed by atoms with Crippen LogP contribution in [0.4, 0.5) is 5.69 Å². The fourth-order valence-electron chi connectivity index (χ4n) is 3.89. The van der Waals surface area contributed by atoms with Crippen LogP contribution in [0, 0.1) is 5.92 Å². The van der Waals surface area contributed by atoms with Crippen molar-refractivity contribution in [1.29, 1.82) is 0 Å². The Kier molecular flexibility index (Phi) is 6.01. The maximum absolute atomic E-state index is 12.9. The van der Waals surface area contributed by atoms with Crippen LogP contribution in [-0.4, -0.2) is 38.7 Å². The number of carbonyl (C=O) groups is 2. The predicted octanol–water partition coefficient (Wildman–Crippen LogP) is 2.19. The van der Waals surface area contributed by atoms with Crippen LogP contribution in [-0.2, 0) is 26.2 Å². The van der Waals surface area contributed by atoms with Crippen molar-refractivity contribution in [3.05, 3.63) is 59.7 Å². The van der Waals surface area contributed by atoms with Gasteiger partial charge < -0.3 is 10.2 Å². The first-order valence-electron chi connectivity index (χ1n) is 10.6. The number of aliphatic imine (C=N–C) groups is 1. The molecule has 2 N–H and O–H groups in total. The summed E-state index contributed by atoms with van der Waals surface area (Å²) in [6, 6.07) is 13.4. The number of anilines is 1. The lowest BCUT2D eigenvalue weighted by molar-refractivity contribution is -0.123. The summed E-state index contributed by atoms with van der Waals surface area (Å²) < 4.78 is 27.1. The van der Waals surface area contributed by atoms with Crippen molar-refractivity contribution >= 4 is 33.4 Å². The zero-order chi connectivity index (χ0) is 22.9. The fourth-order valence-corrected chi connectivity index (χ4v) is 5.13. The van der Waals surface area contributed by atoms with E-state index in [1.807, 2.05) is 38.1 Å². The Labute approximate surface area is 187 Å². The summed E-state index contributed by atoms with van der Waals surface area (Å²) >= 11 is 0. The first-order valence-corrected chi connectivity index (χ1v) is 12.1. The molecule has 0 radical (unpaired) electrons. The minimum absolute atomic E-state index is 0.133. The first-order chi connectivity index (χ1) is 15.3. The summed E-state index contributed by atoms with van der Waals surface area (Å²) in [5, 5.41) is 2.89. The number of amides is 2. The molecule has 0 aromatic heterocycles. The van der Waals surface area contributed by atoms with Crippen molar-refractivity contribution in [2.75, 3.05) is 11.4 Å². The Morgan fingerprint density at radius 2 is 1.88 bits per heavy atom. The van der Waals surface area contributed by atoms with Gasteiger partial charge >= 0.3 is 0 Å². The molecule has 168 valence electrons. The molecule has 1 fully saturated rings. The summed E-state index contributed by atoms with van der Waals surface area (Å²) in [6.45, 7) is 4.78. The van der Waals surface area contributed by atoms with E-state index in [2.05, 4.69) is 15.0 Å². The Bertz CT molecular complexity index is 1170. The van der Waals surface area contributed by atoms with Crippen LogP contribution in [0.1, 0.15) is 37.8 Å². The van der Waals surface area contributed by atoms with E-state index in [0.717, 1.165) is 24.2 Å². The van der Waals surface area contributed by atoms with E-state index in [-0.39, 0.29) is 28.5 Å². The summed E-state index contributed by atoms with van der Waals surface area (Å²) in [7, 11) is -3.66. The second kappa shape index (κ2) is 8.74. The summed E-state index contributed by atoms with van der Waals surface area (Å²) in [6.07, 6.45) is 1.45. The lowest BCUT2D eigenvalue weighted by Crippen LogP contribution is -2.38. The van der Waals surface area contributed by atoms with Crippen LogP contribution in [0.2, 0.25) is 0 Å². The molecule has 8 nitrogen and oxygen atoms in total. The quantitative estimate of drug-likeness (QED) is 0.698. The molecule has 0 saturated carbocycles. The highest BCUT2D eigenvalue weighted by Crippen LogP contribution is 2.24. The highest BCUT2D eigenvalue weighted by Gasteiger charge is 2.32. The van der Waals surface area contributed by atoms with E-state index in [0.29, 0.717) is 18.5 Å². The van der Waals surface area contributed by atoms with E-state index in [1.54, 1.807) is 23.1 Å². The van der Waals surface area contributed by atoms with E-state index in [9.17, 15) is 18.0 Å². The maximum Gasteiger partial charge on any atom is 0.263 e. The molecule has 32 heavy (non-hydrogen) atoms. The average Bonchev–Trinajstić information content (AvgIpc) is 3.31. The average molecular weight is 455 g/mol. The molecule has 1 atom stereocenters. The normalized spacial score (nSPS) is 19.2. The number of nitrogens with zero attached hydrogens (tertiary/aromatic N) is 2. The summed E-state index contributed by atoms with van der Waals surface area (Å²) in [5.41, 5.74) is 2.23. The van der Waals surface area contributed by atoms with Crippen LogP contribution in [0.3, 0.4) is 0 Å². The number of amidine groups is 1. The standard InChI is InChI=1S/C23H26N4O4S/c1-15(2)21(25-22-18-6-3-4-7-19(18)32(30,31)26-22)23(29)24-14-16-9-11-17(12-10-16)27-13-5-8-20(27)28/h3-4,6-7,9-12,15,21H,5,8,13-14H2,1-2H3,(H,24,29)(H,25,26)/t21-/m0/s1. The molecule has 1 saturated heterocycles. The number of benzene rings is 2. The van der Waals surface area contributed by atoms with Crippen LogP contribution in [0.15, 0.2) is 58.4 Å². The second-order valence-electron chi connectivity index (χ2n) is 8.30. The number of carbonyl (C=O) groups excluding carboxylic acids is 2. The first kappa shape index (κ1) is 22.0. The molecular formula is C23H26N4O4S. The molecular weight excluding hydrogens is 428 g/mol. The van der Waals surface area contributed by atoms with Crippen molar-refractivity contribution in [2.24, 2.45) is 10.9 Å². The molecule has 4 rings (SSSR count). The SMILES string of the molecule is CC(C)[C@H](N=C1NS(=O)(=O)c2ccccc21)C(=O)NCc1ccc(N2CCCC2=O)cc1. The highest BCUT2D eigenvalue weighted by molar-refractivity contribution is 7.90. The molecule has 2 heterocycles. The van der Waals surface area contributed by atoms with E-state index >= 15 is 0 Å². The Morgan fingerprint density at radius 1 is 1.16 bits per heavy atom. The third-order valence-corrected chi connectivity index (χ3v) is 7.02. The minimum atomic E-state index is -3.66. The van der Waals surface area contributed by atoms with E-state index in [1.165, 1.54) is 6.07 Å². The van der Waals surface area contributed by atoms with Crippen LogP contribution < -0.4 is 14.9 Å². The van der Waals surface area contributed by atoms with Gasteiger partial charge in [0.25, 0.3) is 10.0 Å². The highest BCUT2D eigenvalue weighted by atomic mass is 32.2. The third kappa shape index (κ3) is 4.38. The fraction of sp³-hybridized carbons (Fsp3) is 0.348. The van der Waals surface area contributed by atoms with Crippen LogP contribution >= 0.6 is 0 Å². The minimum Gasteiger partial charge on any atom is -0.350 e. The van der Waals surface area contributed by atoms with Crippen molar-refractivity contribution in [1.82, 2.24) is 10.0 Å². The largest absolute Gasteiger partial charge is 0.350 e. The lowest BCUT2D eigenvalue weighted by Gasteiger charge is -2.18. The number of rotatable bonds is 6. The zero-order valence-corrected chi connectivity index (χ0v) is 18.9. The molecule has 0 bridgehead atoms. The number of fused-ring (bicyclic) bond motifs is 1. The molecule has 0 aliphatic carbocycles. The number of sulfonamides is 1. The van der Waals surface area contributed by atoms with Gasteiger partial charge in [0.05, 0.1) is 4.90 Å². The van der Waals surface area contributed by atoms with Gasteiger partial charge in [0, 0.05) is 30.8 Å². The molecule has 9 heteroatoms. The van der Waals surface area contributed by atoms with Gasteiger partial charge in [0.2, 0.25) is 11.8 Å². The molecule has 0 unspecified atom stereocenters. The summed E-state index contributed by atoms with van der Waals surface area (Å²) in [5.74, 6) is -0.0960. The van der Waals surface area contributed by atoms with E-state index in [4.69, 9.17) is 0 Å². The Hall–Kier alpha value is -3.20. The van der Waals surface area contributed by atoms with Gasteiger partial charge in [-0.15, -0.1) is 0 Å². The Morgan fingerprint density at radius 3 is 2.53 bits per heavy atom. The van der Waals surface area contributed by atoms with Gasteiger partial charge in [-0.25, -0.2) is 8.42 Å². The zero-order valence-electron chi connectivity index (χ0n) is 18.0. The monoisotopic (exact) mass is 454 g/mol. The number of hydrogen-bond acceptors (Lipinski definition) is 5. The van der Waals surface area contributed by atoms with Gasteiger partial charge in [-0.3, -0.25) is 19.3 Å². The van der Waals surface area contributed by atoms with Crippen molar-refractivity contribution in [2.45, 2.75) is 44.2 Å².